The molecule has 0 aromatic rings. The van der Waals surface area contributed by atoms with Gasteiger partial charge in [-0.1, -0.05) is 13.8 Å². The summed E-state index contributed by atoms with van der Waals surface area (Å²) in [6.07, 6.45) is 1.82. The SMILES string of the molecule is CC(=O)CC(C)(C)CC=O. The molecule has 0 fully saturated rings. The first-order valence-corrected chi connectivity index (χ1v) is 3.41. The summed E-state index contributed by atoms with van der Waals surface area (Å²) >= 11 is 0. The Morgan fingerprint density at radius 2 is 2.00 bits per heavy atom. The van der Waals surface area contributed by atoms with Crippen LogP contribution in [0.2, 0.25) is 0 Å². The molecule has 10 heavy (non-hydrogen) atoms. The Hall–Kier alpha value is -0.660. The zero-order chi connectivity index (χ0) is 8.20. The van der Waals surface area contributed by atoms with Crippen molar-refractivity contribution >= 4 is 12.1 Å². The number of Topliss-reactive ketones (excluding diaryl/α,β-unsaturated/α-hetero) is 1. The zero-order valence-corrected chi connectivity index (χ0v) is 6.81. The van der Waals surface area contributed by atoms with Gasteiger partial charge in [0.05, 0.1) is 0 Å². The van der Waals surface area contributed by atoms with Gasteiger partial charge in [-0.3, -0.25) is 0 Å². The quantitative estimate of drug-likeness (QED) is 0.558. The van der Waals surface area contributed by atoms with Crippen molar-refractivity contribution in [1.82, 2.24) is 0 Å². The normalized spacial score (nSPS) is 11.1. The van der Waals surface area contributed by atoms with Gasteiger partial charge in [-0.15, -0.1) is 0 Å². The highest BCUT2D eigenvalue weighted by Gasteiger charge is 2.18. The molecule has 0 N–H and O–H groups in total. The highest BCUT2D eigenvalue weighted by atomic mass is 16.1. The maximum absolute atomic E-state index is 10.6. The van der Waals surface area contributed by atoms with E-state index in [0.29, 0.717) is 12.8 Å². The van der Waals surface area contributed by atoms with Crippen molar-refractivity contribution in [3.8, 4) is 0 Å². The molecule has 0 aliphatic heterocycles. The van der Waals surface area contributed by atoms with E-state index in [2.05, 4.69) is 0 Å². The van der Waals surface area contributed by atoms with E-state index in [9.17, 15) is 9.59 Å². The third-order valence-electron chi connectivity index (χ3n) is 1.36. The summed E-state index contributed by atoms with van der Waals surface area (Å²) in [5.74, 6) is 0.145. The lowest BCUT2D eigenvalue weighted by atomic mass is 9.85. The van der Waals surface area contributed by atoms with Crippen molar-refractivity contribution in [3.05, 3.63) is 0 Å². The summed E-state index contributed by atoms with van der Waals surface area (Å²) in [5.41, 5.74) is -0.145. The van der Waals surface area contributed by atoms with Crippen LogP contribution in [0.25, 0.3) is 0 Å². The number of aldehydes is 1. The van der Waals surface area contributed by atoms with E-state index in [-0.39, 0.29) is 11.2 Å². The maximum Gasteiger partial charge on any atom is 0.130 e. The van der Waals surface area contributed by atoms with Crippen LogP contribution in [0, 0.1) is 5.41 Å². The van der Waals surface area contributed by atoms with Crippen LogP contribution in [0.3, 0.4) is 0 Å². The largest absolute Gasteiger partial charge is 0.303 e. The summed E-state index contributed by atoms with van der Waals surface area (Å²) in [6, 6.07) is 0. The fraction of sp³-hybridized carbons (Fsp3) is 0.750. The van der Waals surface area contributed by atoms with Crippen LogP contribution in [-0.2, 0) is 9.59 Å². The Morgan fingerprint density at radius 3 is 2.30 bits per heavy atom. The second kappa shape index (κ2) is 3.49. The molecule has 0 saturated carbocycles. The lowest BCUT2D eigenvalue weighted by molar-refractivity contribution is -0.119. The van der Waals surface area contributed by atoms with Crippen molar-refractivity contribution in [3.63, 3.8) is 0 Å². The second-order valence-electron chi connectivity index (χ2n) is 3.41. The van der Waals surface area contributed by atoms with Gasteiger partial charge in [-0.25, -0.2) is 0 Å². The molecule has 0 heterocycles. The molecule has 0 aromatic heterocycles. The van der Waals surface area contributed by atoms with E-state index < -0.39 is 0 Å². The Balaban J connectivity index is 3.85. The molecule has 0 spiro atoms. The molecule has 0 radical (unpaired) electrons. The van der Waals surface area contributed by atoms with Gasteiger partial charge in [0.2, 0.25) is 0 Å². The van der Waals surface area contributed by atoms with E-state index in [1.54, 1.807) is 6.92 Å². The number of hydrogen-bond acceptors (Lipinski definition) is 2. The van der Waals surface area contributed by atoms with Crippen molar-refractivity contribution < 1.29 is 9.59 Å². The van der Waals surface area contributed by atoms with E-state index in [1.165, 1.54) is 0 Å². The molecular weight excluding hydrogens is 128 g/mol. The van der Waals surface area contributed by atoms with Crippen molar-refractivity contribution in [2.75, 3.05) is 0 Å². The minimum atomic E-state index is -0.145. The van der Waals surface area contributed by atoms with E-state index in [1.807, 2.05) is 13.8 Å². The van der Waals surface area contributed by atoms with Gasteiger partial charge in [0, 0.05) is 12.8 Å². The summed E-state index contributed by atoms with van der Waals surface area (Å²) in [6.45, 7) is 5.39. The molecule has 0 bridgehead atoms. The molecule has 0 unspecified atom stereocenters. The highest BCUT2D eigenvalue weighted by Crippen LogP contribution is 2.23. The molecule has 0 atom stereocenters. The average molecular weight is 142 g/mol. The summed E-state index contributed by atoms with van der Waals surface area (Å²) < 4.78 is 0. The monoisotopic (exact) mass is 142 g/mol. The number of ketones is 1. The zero-order valence-electron chi connectivity index (χ0n) is 6.81. The van der Waals surface area contributed by atoms with Crippen molar-refractivity contribution in [2.45, 2.75) is 33.6 Å². The molecular formula is C8H14O2. The van der Waals surface area contributed by atoms with Crippen LogP contribution in [-0.4, -0.2) is 12.1 Å². The predicted molar refractivity (Wildman–Crippen MR) is 39.8 cm³/mol. The number of carbonyl (C=O) groups excluding carboxylic acids is 2. The topological polar surface area (TPSA) is 34.1 Å². The van der Waals surface area contributed by atoms with Gasteiger partial charge in [0.1, 0.15) is 12.1 Å². The molecule has 0 aliphatic rings. The molecule has 0 saturated heterocycles. The van der Waals surface area contributed by atoms with Crippen LogP contribution in [0.15, 0.2) is 0 Å². The van der Waals surface area contributed by atoms with Gasteiger partial charge >= 0.3 is 0 Å². The van der Waals surface area contributed by atoms with Gasteiger partial charge in [0.15, 0.2) is 0 Å². The third-order valence-corrected chi connectivity index (χ3v) is 1.36. The fourth-order valence-electron chi connectivity index (χ4n) is 0.972. The fourth-order valence-corrected chi connectivity index (χ4v) is 0.972. The van der Waals surface area contributed by atoms with Crippen LogP contribution >= 0.6 is 0 Å². The van der Waals surface area contributed by atoms with Crippen molar-refractivity contribution in [2.24, 2.45) is 5.41 Å². The summed E-state index contributed by atoms with van der Waals surface area (Å²) in [5, 5.41) is 0. The third kappa shape index (κ3) is 4.24. The van der Waals surface area contributed by atoms with Crippen LogP contribution in [0.1, 0.15) is 33.6 Å². The first-order chi connectivity index (χ1) is 4.48. The minimum absolute atomic E-state index is 0.145. The van der Waals surface area contributed by atoms with Crippen LogP contribution in [0.4, 0.5) is 0 Å². The number of carbonyl (C=O) groups is 2. The first-order valence-electron chi connectivity index (χ1n) is 3.41. The standard InChI is InChI=1S/C8H14O2/c1-7(10)6-8(2,3)4-5-9/h5H,4,6H2,1-3H3. The Kier molecular flexibility index (Phi) is 3.26. The van der Waals surface area contributed by atoms with Crippen molar-refractivity contribution in [1.29, 1.82) is 0 Å². The van der Waals surface area contributed by atoms with E-state index >= 15 is 0 Å². The maximum atomic E-state index is 10.6. The highest BCUT2D eigenvalue weighted by molar-refractivity contribution is 5.76. The Labute approximate surface area is 61.6 Å². The molecule has 2 nitrogen and oxygen atoms in total. The molecule has 0 rings (SSSR count). The number of hydrogen-bond donors (Lipinski definition) is 0. The summed E-state index contributed by atoms with van der Waals surface area (Å²) in [4.78, 5) is 20.7. The molecule has 58 valence electrons. The van der Waals surface area contributed by atoms with Gasteiger partial charge < -0.3 is 9.59 Å². The van der Waals surface area contributed by atoms with Gasteiger partial charge in [-0.2, -0.15) is 0 Å². The van der Waals surface area contributed by atoms with E-state index in [0.717, 1.165) is 6.29 Å². The molecule has 0 aliphatic carbocycles. The smallest absolute Gasteiger partial charge is 0.130 e. The second-order valence-corrected chi connectivity index (χ2v) is 3.41. The van der Waals surface area contributed by atoms with E-state index in [4.69, 9.17) is 0 Å². The van der Waals surface area contributed by atoms with Crippen LogP contribution < -0.4 is 0 Å². The lowest BCUT2D eigenvalue weighted by Crippen LogP contribution is -2.15. The average Bonchev–Trinajstić information content (AvgIpc) is 1.59. The Morgan fingerprint density at radius 1 is 1.50 bits per heavy atom. The Bertz CT molecular complexity index is 136. The van der Waals surface area contributed by atoms with Gasteiger partial charge in [-0.05, 0) is 12.3 Å². The predicted octanol–water partition coefficient (Wildman–Crippen LogP) is 1.58. The first kappa shape index (κ1) is 9.34. The molecule has 2 heteroatoms. The molecule has 0 amide bonds. The summed E-state index contributed by atoms with van der Waals surface area (Å²) in [7, 11) is 0. The minimum Gasteiger partial charge on any atom is -0.303 e. The number of rotatable bonds is 4. The van der Waals surface area contributed by atoms with Gasteiger partial charge in [0.25, 0.3) is 0 Å². The van der Waals surface area contributed by atoms with Crippen LogP contribution in [0.5, 0.6) is 0 Å². The molecule has 0 aromatic carbocycles. The lowest BCUT2D eigenvalue weighted by Gasteiger charge is -2.18.